The zero-order chi connectivity index (χ0) is 18.2. The molecule has 0 radical (unpaired) electrons. The summed E-state index contributed by atoms with van der Waals surface area (Å²) in [4.78, 5) is 4.59. The van der Waals surface area contributed by atoms with Gasteiger partial charge in [-0.1, -0.05) is 68.7 Å². The van der Waals surface area contributed by atoms with Gasteiger partial charge in [-0.25, -0.2) is 0 Å². The second kappa shape index (κ2) is 8.97. The average molecular weight is 340 g/mol. The molecule has 2 heteroatoms. The third-order valence-electron chi connectivity index (χ3n) is 4.68. The van der Waals surface area contributed by atoms with Gasteiger partial charge in [-0.2, -0.15) is 5.26 Å². The molecule has 0 atom stereocenters. The van der Waals surface area contributed by atoms with Crippen LogP contribution in [0.1, 0.15) is 43.7 Å². The van der Waals surface area contributed by atoms with Crippen molar-refractivity contribution >= 4 is 0 Å². The van der Waals surface area contributed by atoms with Crippen LogP contribution in [0.15, 0.2) is 66.9 Å². The van der Waals surface area contributed by atoms with E-state index in [9.17, 15) is 0 Å². The number of nitriles is 1. The fraction of sp³-hybridized carbons (Fsp3) is 0.250. The van der Waals surface area contributed by atoms with E-state index in [0.29, 0.717) is 5.56 Å². The lowest BCUT2D eigenvalue weighted by Gasteiger charge is -2.06. The maximum absolute atomic E-state index is 8.89. The van der Waals surface area contributed by atoms with E-state index in [1.54, 1.807) is 0 Å². The first-order valence-electron chi connectivity index (χ1n) is 9.36. The average Bonchev–Trinajstić information content (AvgIpc) is 2.72. The van der Waals surface area contributed by atoms with Gasteiger partial charge in [0.1, 0.15) is 0 Å². The molecular formula is C24H24N2. The van der Waals surface area contributed by atoms with Crippen LogP contribution in [0.2, 0.25) is 0 Å². The third kappa shape index (κ3) is 4.58. The minimum atomic E-state index is 0.667. The molecule has 2 aromatic carbocycles. The Hall–Kier alpha value is -2.92. The van der Waals surface area contributed by atoms with Gasteiger partial charge in [0.2, 0.25) is 0 Å². The fourth-order valence-electron chi connectivity index (χ4n) is 3.07. The van der Waals surface area contributed by atoms with Gasteiger partial charge in [-0.05, 0) is 42.2 Å². The van der Waals surface area contributed by atoms with E-state index in [2.05, 4.69) is 48.3 Å². The SMILES string of the molecule is CCCCCCc1ccc(-c2ccc(-c3ccc(C#N)cc3)nc2)cc1. The number of hydrogen-bond donors (Lipinski definition) is 0. The number of aryl methyl sites for hydroxylation is 1. The first kappa shape index (κ1) is 17.9. The number of unbranched alkanes of at least 4 members (excludes halogenated alkanes) is 3. The fourth-order valence-corrected chi connectivity index (χ4v) is 3.07. The zero-order valence-corrected chi connectivity index (χ0v) is 15.3. The number of hydrogen-bond acceptors (Lipinski definition) is 2. The Morgan fingerprint density at radius 2 is 1.46 bits per heavy atom. The van der Waals surface area contributed by atoms with Crippen LogP contribution < -0.4 is 0 Å². The normalized spacial score (nSPS) is 10.5. The summed E-state index contributed by atoms with van der Waals surface area (Å²) in [6.45, 7) is 2.25. The Labute approximate surface area is 156 Å². The zero-order valence-electron chi connectivity index (χ0n) is 15.3. The van der Waals surface area contributed by atoms with E-state index in [1.165, 1.54) is 36.8 Å². The molecule has 0 N–H and O–H groups in total. The Kier molecular flexibility index (Phi) is 6.17. The Bertz CT molecular complexity index is 854. The summed E-state index contributed by atoms with van der Waals surface area (Å²) in [7, 11) is 0. The van der Waals surface area contributed by atoms with Crippen molar-refractivity contribution in [1.82, 2.24) is 4.98 Å². The van der Waals surface area contributed by atoms with Gasteiger partial charge in [-0.3, -0.25) is 4.98 Å². The monoisotopic (exact) mass is 340 g/mol. The third-order valence-corrected chi connectivity index (χ3v) is 4.68. The molecular weight excluding hydrogens is 316 g/mol. The van der Waals surface area contributed by atoms with Crippen LogP contribution in [-0.4, -0.2) is 4.98 Å². The quantitative estimate of drug-likeness (QED) is 0.466. The van der Waals surface area contributed by atoms with Gasteiger partial charge in [-0.15, -0.1) is 0 Å². The summed E-state index contributed by atoms with van der Waals surface area (Å²) < 4.78 is 0. The number of benzene rings is 2. The molecule has 26 heavy (non-hydrogen) atoms. The van der Waals surface area contributed by atoms with E-state index >= 15 is 0 Å². The van der Waals surface area contributed by atoms with Gasteiger partial charge in [0.05, 0.1) is 17.3 Å². The topological polar surface area (TPSA) is 36.7 Å². The molecule has 0 aliphatic rings. The Morgan fingerprint density at radius 3 is 2.08 bits per heavy atom. The minimum absolute atomic E-state index is 0.667. The molecule has 0 spiro atoms. The van der Waals surface area contributed by atoms with Gasteiger partial charge >= 0.3 is 0 Å². The Morgan fingerprint density at radius 1 is 0.769 bits per heavy atom. The van der Waals surface area contributed by atoms with Crippen LogP contribution in [0.25, 0.3) is 22.4 Å². The largest absolute Gasteiger partial charge is 0.256 e. The number of nitrogens with zero attached hydrogens (tertiary/aromatic N) is 2. The summed E-state index contributed by atoms with van der Waals surface area (Å²) in [5, 5.41) is 8.89. The first-order valence-corrected chi connectivity index (χ1v) is 9.36. The second-order valence-corrected chi connectivity index (χ2v) is 6.63. The molecule has 2 nitrogen and oxygen atoms in total. The molecule has 0 unspecified atom stereocenters. The standard InChI is InChI=1S/C24H24N2/c1-2-3-4-5-6-19-7-11-21(12-8-19)23-15-16-24(26-18-23)22-13-9-20(17-25)10-14-22/h7-16,18H,2-6H2,1H3. The summed E-state index contributed by atoms with van der Waals surface area (Å²) in [6, 6.07) is 22.6. The highest BCUT2D eigenvalue weighted by atomic mass is 14.7. The van der Waals surface area contributed by atoms with E-state index in [0.717, 1.165) is 23.2 Å². The maximum Gasteiger partial charge on any atom is 0.0991 e. The first-order chi connectivity index (χ1) is 12.8. The van der Waals surface area contributed by atoms with Gasteiger partial charge < -0.3 is 0 Å². The molecule has 0 saturated carbocycles. The van der Waals surface area contributed by atoms with Crippen molar-refractivity contribution in [2.75, 3.05) is 0 Å². The van der Waals surface area contributed by atoms with Crippen molar-refractivity contribution in [2.24, 2.45) is 0 Å². The Balaban J connectivity index is 1.67. The molecule has 3 rings (SSSR count). The van der Waals surface area contributed by atoms with Gasteiger partial charge in [0.15, 0.2) is 0 Å². The molecule has 0 aliphatic carbocycles. The van der Waals surface area contributed by atoms with E-state index in [1.807, 2.05) is 36.5 Å². The van der Waals surface area contributed by atoms with E-state index in [-0.39, 0.29) is 0 Å². The summed E-state index contributed by atoms with van der Waals surface area (Å²) in [6.07, 6.45) is 8.28. The molecule has 1 aromatic heterocycles. The minimum Gasteiger partial charge on any atom is -0.256 e. The highest BCUT2D eigenvalue weighted by Crippen LogP contribution is 2.23. The van der Waals surface area contributed by atoms with Crippen LogP contribution in [0.5, 0.6) is 0 Å². The second-order valence-electron chi connectivity index (χ2n) is 6.63. The molecule has 130 valence electrons. The highest BCUT2D eigenvalue weighted by molar-refractivity contribution is 5.67. The number of pyridine rings is 1. The predicted octanol–water partition coefficient (Wildman–Crippen LogP) is 6.41. The molecule has 0 saturated heterocycles. The van der Waals surface area contributed by atoms with Crippen molar-refractivity contribution in [3.63, 3.8) is 0 Å². The molecule has 0 aliphatic heterocycles. The summed E-state index contributed by atoms with van der Waals surface area (Å²) in [5.74, 6) is 0. The molecule has 0 fully saturated rings. The smallest absolute Gasteiger partial charge is 0.0991 e. The van der Waals surface area contributed by atoms with Crippen molar-refractivity contribution in [1.29, 1.82) is 5.26 Å². The van der Waals surface area contributed by atoms with Crippen molar-refractivity contribution < 1.29 is 0 Å². The van der Waals surface area contributed by atoms with Gasteiger partial charge in [0, 0.05) is 17.3 Å². The van der Waals surface area contributed by atoms with E-state index < -0.39 is 0 Å². The van der Waals surface area contributed by atoms with Crippen molar-refractivity contribution in [3.8, 4) is 28.5 Å². The van der Waals surface area contributed by atoms with Gasteiger partial charge in [0.25, 0.3) is 0 Å². The van der Waals surface area contributed by atoms with E-state index in [4.69, 9.17) is 5.26 Å². The van der Waals surface area contributed by atoms with Crippen LogP contribution in [0, 0.1) is 11.3 Å². The highest BCUT2D eigenvalue weighted by Gasteiger charge is 2.03. The lowest BCUT2D eigenvalue weighted by Crippen LogP contribution is -1.88. The summed E-state index contributed by atoms with van der Waals surface area (Å²) >= 11 is 0. The summed E-state index contributed by atoms with van der Waals surface area (Å²) in [5.41, 5.74) is 6.34. The lowest BCUT2D eigenvalue weighted by molar-refractivity contribution is 0.667. The van der Waals surface area contributed by atoms with Crippen LogP contribution >= 0.6 is 0 Å². The lowest BCUT2D eigenvalue weighted by atomic mass is 10.0. The number of aromatic nitrogens is 1. The molecule has 3 aromatic rings. The van der Waals surface area contributed by atoms with Crippen molar-refractivity contribution in [2.45, 2.75) is 39.0 Å². The van der Waals surface area contributed by atoms with Crippen molar-refractivity contribution in [3.05, 3.63) is 78.0 Å². The molecule has 0 bridgehead atoms. The predicted molar refractivity (Wildman–Crippen MR) is 108 cm³/mol. The van der Waals surface area contributed by atoms with Crippen LogP contribution in [0.4, 0.5) is 0 Å². The maximum atomic E-state index is 8.89. The number of rotatable bonds is 7. The van der Waals surface area contributed by atoms with Crippen LogP contribution in [0.3, 0.4) is 0 Å². The van der Waals surface area contributed by atoms with Crippen LogP contribution in [-0.2, 0) is 6.42 Å². The molecule has 0 amide bonds. The molecule has 1 heterocycles.